The third-order valence-corrected chi connectivity index (χ3v) is 6.00. The summed E-state index contributed by atoms with van der Waals surface area (Å²) in [7, 11) is 3.14. The third kappa shape index (κ3) is 4.51. The largest absolute Gasteiger partial charge is 0.497 e. The van der Waals surface area contributed by atoms with Crippen LogP contribution in [0.1, 0.15) is 47.8 Å². The van der Waals surface area contributed by atoms with Gasteiger partial charge in [-0.3, -0.25) is 4.79 Å². The van der Waals surface area contributed by atoms with Crippen LogP contribution in [0.2, 0.25) is 0 Å². The second kappa shape index (κ2) is 9.39. The van der Waals surface area contributed by atoms with Gasteiger partial charge in [0.25, 0.3) is 5.91 Å². The van der Waals surface area contributed by atoms with E-state index >= 15 is 0 Å². The van der Waals surface area contributed by atoms with E-state index in [1.165, 1.54) is 0 Å². The fourth-order valence-electron chi connectivity index (χ4n) is 4.50. The molecule has 0 spiro atoms. The number of rotatable bonds is 7. The van der Waals surface area contributed by atoms with Crippen molar-refractivity contribution in [1.29, 1.82) is 0 Å². The second-order valence-corrected chi connectivity index (χ2v) is 7.97. The summed E-state index contributed by atoms with van der Waals surface area (Å²) in [5, 5.41) is 12.8. The Morgan fingerprint density at radius 1 is 1.16 bits per heavy atom. The van der Waals surface area contributed by atoms with E-state index in [2.05, 4.69) is 9.88 Å². The Hall–Kier alpha value is -3.06. The minimum absolute atomic E-state index is 0.0610. The fourth-order valence-corrected chi connectivity index (χ4v) is 4.50. The highest BCUT2D eigenvalue weighted by atomic mass is 16.5. The maximum Gasteiger partial charge on any atom is 0.251 e. The molecule has 0 saturated heterocycles. The zero-order valence-corrected chi connectivity index (χ0v) is 18.0. The number of benzene rings is 2. The third-order valence-electron chi connectivity index (χ3n) is 6.00. The predicted molar refractivity (Wildman–Crippen MR) is 119 cm³/mol. The van der Waals surface area contributed by atoms with E-state index in [1.807, 2.05) is 24.3 Å². The van der Waals surface area contributed by atoms with E-state index in [-0.39, 0.29) is 24.5 Å². The number of carbonyl (C=O) groups excluding carboxylic acids is 1. The van der Waals surface area contributed by atoms with Crippen LogP contribution in [0.3, 0.4) is 0 Å². The Kier molecular flexibility index (Phi) is 6.42. The zero-order chi connectivity index (χ0) is 21.8. The zero-order valence-electron chi connectivity index (χ0n) is 18.0. The van der Waals surface area contributed by atoms with Gasteiger partial charge in [0.2, 0.25) is 0 Å². The molecule has 7 heteroatoms. The number of ether oxygens (including phenoxy) is 2. The van der Waals surface area contributed by atoms with Crippen LogP contribution in [0.5, 0.6) is 11.5 Å². The molecule has 2 aromatic carbocycles. The predicted octanol–water partition coefficient (Wildman–Crippen LogP) is 3.50. The fraction of sp³-hybridized carbons (Fsp3) is 0.417. The van der Waals surface area contributed by atoms with Crippen LogP contribution in [0.25, 0.3) is 11.0 Å². The van der Waals surface area contributed by atoms with Gasteiger partial charge in [-0.1, -0.05) is 18.6 Å². The summed E-state index contributed by atoms with van der Waals surface area (Å²) in [5.41, 5.74) is 2.51. The molecule has 2 atom stereocenters. The SMILES string of the molecule is COc1cc(OC)cc(C(=O)NC2CCCC(c3nc4ccccc4n3CCO)C2)c1. The van der Waals surface area contributed by atoms with Gasteiger partial charge >= 0.3 is 0 Å². The number of aromatic nitrogens is 2. The van der Waals surface area contributed by atoms with Crippen molar-refractivity contribution in [3.8, 4) is 11.5 Å². The summed E-state index contributed by atoms with van der Waals surface area (Å²) in [6.07, 6.45) is 3.79. The summed E-state index contributed by atoms with van der Waals surface area (Å²) in [4.78, 5) is 17.8. The number of amides is 1. The van der Waals surface area contributed by atoms with Crippen LogP contribution in [-0.2, 0) is 6.54 Å². The number of methoxy groups -OCH3 is 2. The molecule has 1 aliphatic rings. The lowest BCUT2D eigenvalue weighted by Gasteiger charge is -2.30. The lowest BCUT2D eigenvalue weighted by Crippen LogP contribution is -2.38. The number of para-hydroxylation sites is 2. The Labute approximate surface area is 182 Å². The smallest absolute Gasteiger partial charge is 0.251 e. The van der Waals surface area contributed by atoms with Gasteiger partial charge in [0.05, 0.1) is 31.9 Å². The molecule has 1 aliphatic carbocycles. The Morgan fingerprint density at radius 2 is 1.90 bits per heavy atom. The summed E-state index contributed by atoms with van der Waals surface area (Å²) >= 11 is 0. The minimum Gasteiger partial charge on any atom is -0.497 e. The first-order valence-corrected chi connectivity index (χ1v) is 10.7. The van der Waals surface area contributed by atoms with Gasteiger partial charge in [0.1, 0.15) is 17.3 Å². The van der Waals surface area contributed by atoms with Crippen molar-refractivity contribution >= 4 is 16.9 Å². The second-order valence-electron chi connectivity index (χ2n) is 7.97. The molecular weight excluding hydrogens is 394 g/mol. The van der Waals surface area contributed by atoms with E-state index in [9.17, 15) is 9.90 Å². The molecular formula is C24H29N3O4. The quantitative estimate of drug-likeness (QED) is 0.608. The molecule has 0 aliphatic heterocycles. The van der Waals surface area contributed by atoms with Crippen molar-refractivity contribution in [3.63, 3.8) is 0 Å². The first kappa shape index (κ1) is 21.2. The molecule has 0 bridgehead atoms. The molecule has 1 heterocycles. The van der Waals surface area contributed by atoms with Crippen molar-refractivity contribution in [1.82, 2.24) is 14.9 Å². The molecule has 164 valence electrons. The summed E-state index contributed by atoms with van der Waals surface area (Å²) < 4.78 is 12.7. The number of nitrogens with one attached hydrogen (secondary N) is 1. The van der Waals surface area contributed by atoms with Crippen LogP contribution in [0.15, 0.2) is 42.5 Å². The highest BCUT2D eigenvalue weighted by molar-refractivity contribution is 5.95. The van der Waals surface area contributed by atoms with E-state index < -0.39 is 0 Å². The van der Waals surface area contributed by atoms with E-state index in [0.29, 0.717) is 23.6 Å². The normalized spacial score (nSPS) is 18.7. The molecule has 0 radical (unpaired) electrons. The number of aliphatic hydroxyl groups is 1. The van der Waals surface area contributed by atoms with Crippen molar-refractivity contribution in [3.05, 3.63) is 53.9 Å². The lowest BCUT2D eigenvalue weighted by molar-refractivity contribution is 0.0923. The number of hydrogen-bond donors (Lipinski definition) is 2. The summed E-state index contributed by atoms with van der Waals surface area (Å²) in [6, 6.07) is 13.3. The van der Waals surface area contributed by atoms with Gasteiger partial charge < -0.3 is 24.5 Å². The summed E-state index contributed by atoms with van der Waals surface area (Å²) in [5.74, 6) is 2.27. The first-order valence-electron chi connectivity index (χ1n) is 10.7. The molecule has 4 rings (SSSR count). The Bertz CT molecular complexity index is 1040. The number of carbonyl (C=O) groups is 1. The lowest BCUT2D eigenvalue weighted by atomic mass is 9.85. The molecule has 1 amide bonds. The highest BCUT2D eigenvalue weighted by Gasteiger charge is 2.28. The van der Waals surface area contributed by atoms with E-state index in [1.54, 1.807) is 32.4 Å². The maximum atomic E-state index is 12.9. The highest BCUT2D eigenvalue weighted by Crippen LogP contribution is 2.34. The number of nitrogens with zero attached hydrogens (tertiary/aromatic N) is 2. The molecule has 2 N–H and O–H groups in total. The van der Waals surface area contributed by atoms with Gasteiger partial charge in [-0.2, -0.15) is 0 Å². The van der Waals surface area contributed by atoms with Crippen LogP contribution in [0, 0.1) is 0 Å². The standard InChI is InChI=1S/C24H29N3O4/c1-30-19-13-17(14-20(15-19)31-2)24(29)25-18-7-5-6-16(12-18)23-26-21-8-3-4-9-22(21)27(23)10-11-28/h3-4,8-9,13-16,18,28H,5-7,10-12H2,1-2H3,(H,25,29). The van der Waals surface area contributed by atoms with Gasteiger partial charge in [-0.15, -0.1) is 0 Å². The van der Waals surface area contributed by atoms with E-state index in [4.69, 9.17) is 14.5 Å². The van der Waals surface area contributed by atoms with Gasteiger partial charge in [0, 0.05) is 30.1 Å². The molecule has 1 aromatic heterocycles. The molecule has 1 fully saturated rings. The monoisotopic (exact) mass is 423 g/mol. The Morgan fingerprint density at radius 3 is 2.61 bits per heavy atom. The molecule has 3 aromatic rings. The molecule has 2 unspecified atom stereocenters. The van der Waals surface area contributed by atoms with Crippen molar-refractivity contribution in [2.45, 2.75) is 44.2 Å². The first-order chi connectivity index (χ1) is 15.1. The van der Waals surface area contributed by atoms with Gasteiger partial charge in [0.15, 0.2) is 0 Å². The van der Waals surface area contributed by atoms with E-state index in [0.717, 1.165) is 42.5 Å². The van der Waals surface area contributed by atoms with Crippen LogP contribution >= 0.6 is 0 Å². The van der Waals surface area contributed by atoms with Crippen LogP contribution in [-0.4, -0.2) is 47.4 Å². The average molecular weight is 424 g/mol. The van der Waals surface area contributed by atoms with Crippen LogP contribution in [0.4, 0.5) is 0 Å². The maximum absolute atomic E-state index is 12.9. The number of hydrogen-bond acceptors (Lipinski definition) is 5. The van der Waals surface area contributed by atoms with Crippen molar-refractivity contribution < 1.29 is 19.4 Å². The number of fused-ring (bicyclic) bond motifs is 1. The van der Waals surface area contributed by atoms with Gasteiger partial charge in [-0.25, -0.2) is 4.98 Å². The molecule has 1 saturated carbocycles. The van der Waals surface area contributed by atoms with Gasteiger partial charge in [-0.05, 0) is 43.5 Å². The molecule has 7 nitrogen and oxygen atoms in total. The van der Waals surface area contributed by atoms with Crippen LogP contribution < -0.4 is 14.8 Å². The Balaban J connectivity index is 1.53. The van der Waals surface area contributed by atoms with Crippen molar-refractivity contribution in [2.24, 2.45) is 0 Å². The molecule has 31 heavy (non-hydrogen) atoms. The summed E-state index contributed by atoms with van der Waals surface area (Å²) in [6.45, 7) is 0.588. The number of aliphatic hydroxyl groups excluding tert-OH is 1. The minimum atomic E-state index is -0.133. The topological polar surface area (TPSA) is 85.6 Å². The van der Waals surface area contributed by atoms with Crippen molar-refractivity contribution in [2.75, 3.05) is 20.8 Å². The average Bonchev–Trinajstić information content (AvgIpc) is 3.17. The number of imidazole rings is 1.